The van der Waals surface area contributed by atoms with Gasteiger partial charge in [-0.25, -0.2) is 4.98 Å². The van der Waals surface area contributed by atoms with E-state index < -0.39 is 0 Å². The van der Waals surface area contributed by atoms with Crippen molar-refractivity contribution in [2.45, 2.75) is 13.3 Å². The number of benzene rings is 1. The molecule has 0 spiro atoms. The Kier molecular flexibility index (Phi) is 4.52. The Balaban J connectivity index is 1.56. The lowest BCUT2D eigenvalue weighted by Gasteiger charge is -2.17. The molecule has 1 aliphatic heterocycles. The van der Waals surface area contributed by atoms with Crippen molar-refractivity contribution in [2.24, 2.45) is 5.92 Å². The van der Waals surface area contributed by atoms with E-state index in [1.54, 1.807) is 12.4 Å². The number of hydrogen-bond donors (Lipinski definition) is 0. The van der Waals surface area contributed by atoms with Crippen LogP contribution < -0.4 is 4.90 Å². The number of carbonyl (C=O) groups excluding carboxylic acids is 1. The lowest BCUT2D eigenvalue weighted by atomic mass is 10.0. The van der Waals surface area contributed by atoms with Gasteiger partial charge in [0.1, 0.15) is 5.82 Å². The molecule has 1 unspecified atom stereocenters. The summed E-state index contributed by atoms with van der Waals surface area (Å²) >= 11 is 0. The Morgan fingerprint density at radius 3 is 2.81 bits per heavy atom. The zero-order valence-corrected chi connectivity index (χ0v) is 14.8. The van der Waals surface area contributed by atoms with Gasteiger partial charge in [0.25, 0.3) is 0 Å². The first kappa shape index (κ1) is 16.5. The molecule has 0 amide bonds. The van der Waals surface area contributed by atoms with E-state index in [0.29, 0.717) is 13.2 Å². The zero-order chi connectivity index (χ0) is 17.9. The first-order chi connectivity index (χ1) is 12.7. The fourth-order valence-electron chi connectivity index (χ4n) is 3.44. The second kappa shape index (κ2) is 7.12. The Hall–Kier alpha value is -2.95. The van der Waals surface area contributed by atoms with Crippen LogP contribution in [0.3, 0.4) is 0 Å². The molecule has 1 aliphatic rings. The number of carbonyl (C=O) groups is 1. The number of nitrogens with zero attached hydrogens (tertiary/aromatic N) is 3. The number of hydrogen-bond acceptors (Lipinski definition) is 5. The highest BCUT2D eigenvalue weighted by atomic mass is 16.5. The highest BCUT2D eigenvalue weighted by Gasteiger charge is 2.30. The number of ether oxygens (including phenoxy) is 1. The summed E-state index contributed by atoms with van der Waals surface area (Å²) in [5.74, 6) is 0.764. The average molecular weight is 347 g/mol. The van der Waals surface area contributed by atoms with Crippen LogP contribution in [0.5, 0.6) is 0 Å². The molecule has 0 N–H and O–H groups in total. The van der Waals surface area contributed by atoms with Crippen molar-refractivity contribution < 1.29 is 9.53 Å². The van der Waals surface area contributed by atoms with Gasteiger partial charge in [0, 0.05) is 30.9 Å². The highest BCUT2D eigenvalue weighted by Crippen LogP contribution is 2.27. The van der Waals surface area contributed by atoms with Crippen molar-refractivity contribution >= 4 is 22.7 Å². The van der Waals surface area contributed by atoms with Gasteiger partial charge in [-0.3, -0.25) is 9.78 Å². The van der Waals surface area contributed by atoms with Gasteiger partial charge in [0.2, 0.25) is 0 Å². The van der Waals surface area contributed by atoms with Crippen LogP contribution in [0.25, 0.3) is 22.0 Å². The van der Waals surface area contributed by atoms with Gasteiger partial charge in [-0.15, -0.1) is 0 Å². The number of pyridine rings is 2. The van der Waals surface area contributed by atoms with Crippen LogP contribution in [-0.2, 0) is 9.53 Å². The van der Waals surface area contributed by atoms with Crippen molar-refractivity contribution in [3.8, 4) is 11.1 Å². The van der Waals surface area contributed by atoms with Crippen LogP contribution in [-0.4, -0.2) is 35.6 Å². The average Bonchev–Trinajstić information content (AvgIpc) is 3.18. The monoisotopic (exact) mass is 347 g/mol. The molecule has 3 heterocycles. The van der Waals surface area contributed by atoms with Gasteiger partial charge in [-0.2, -0.15) is 0 Å². The maximum absolute atomic E-state index is 11.9. The third kappa shape index (κ3) is 3.25. The summed E-state index contributed by atoms with van der Waals surface area (Å²) in [6, 6.07) is 14.4. The fourth-order valence-corrected chi connectivity index (χ4v) is 3.44. The van der Waals surface area contributed by atoms with Gasteiger partial charge in [-0.1, -0.05) is 6.07 Å². The summed E-state index contributed by atoms with van der Waals surface area (Å²) in [7, 11) is 0. The number of fused-ring (bicyclic) bond motifs is 1. The zero-order valence-electron chi connectivity index (χ0n) is 14.8. The second-order valence-corrected chi connectivity index (χ2v) is 6.50. The van der Waals surface area contributed by atoms with Crippen LogP contribution in [0.1, 0.15) is 13.3 Å². The first-order valence-corrected chi connectivity index (χ1v) is 8.97. The molecular weight excluding hydrogens is 326 g/mol. The summed E-state index contributed by atoms with van der Waals surface area (Å²) in [5, 5.41) is 1.10. The van der Waals surface area contributed by atoms with Crippen LogP contribution in [0.2, 0.25) is 0 Å². The van der Waals surface area contributed by atoms with Crippen molar-refractivity contribution in [3.05, 3.63) is 54.9 Å². The van der Waals surface area contributed by atoms with E-state index in [-0.39, 0.29) is 11.9 Å². The van der Waals surface area contributed by atoms with Gasteiger partial charge in [0.15, 0.2) is 0 Å². The Bertz CT molecular complexity index is 927. The maximum Gasteiger partial charge on any atom is 0.310 e. The van der Waals surface area contributed by atoms with Gasteiger partial charge in [0.05, 0.1) is 18.0 Å². The largest absolute Gasteiger partial charge is 0.466 e. The molecule has 1 fully saturated rings. The molecule has 0 saturated carbocycles. The van der Waals surface area contributed by atoms with E-state index in [1.165, 1.54) is 0 Å². The Morgan fingerprint density at radius 2 is 2.00 bits per heavy atom. The summed E-state index contributed by atoms with van der Waals surface area (Å²) < 4.78 is 5.14. The number of aromatic nitrogens is 2. The van der Waals surface area contributed by atoms with Crippen LogP contribution in [0, 0.1) is 5.92 Å². The summed E-state index contributed by atoms with van der Waals surface area (Å²) in [6.45, 7) is 3.78. The molecule has 0 radical (unpaired) electrons. The van der Waals surface area contributed by atoms with Crippen molar-refractivity contribution in [1.82, 2.24) is 9.97 Å². The SMILES string of the molecule is CCOC(=O)C1CCN(c2ccc3cc(-c4ccncc4)ccc3n2)C1. The van der Waals surface area contributed by atoms with E-state index in [0.717, 1.165) is 40.8 Å². The minimum Gasteiger partial charge on any atom is -0.466 e. The van der Waals surface area contributed by atoms with Gasteiger partial charge < -0.3 is 9.64 Å². The van der Waals surface area contributed by atoms with Crippen LogP contribution in [0.15, 0.2) is 54.9 Å². The quantitative estimate of drug-likeness (QED) is 0.674. The van der Waals surface area contributed by atoms with E-state index in [1.807, 2.05) is 31.2 Å². The predicted molar refractivity (Wildman–Crippen MR) is 102 cm³/mol. The molecule has 132 valence electrons. The third-order valence-corrected chi connectivity index (χ3v) is 4.82. The molecule has 0 bridgehead atoms. The molecule has 4 rings (SSSR count). The molecule has 5 nitrogen and oxygen atoms in total. The fraction of sp³-hybridized carbons (Fsp3) is 0.286. The molecule has 3 aromatic rings. The van der Waals surface area contributed by atoms with E-state index in [4.69, 9.17) is 9.72 Å². The molecule has 26 heavy (non-hydrogen) atoms. The number of esters is 1. The third-order valence-electron chi connectivity index (χ3n) is 4.82. The normalized spacial score (nSPS) is 16.8. The number of rotatable bonds is 4. The summed E-state index contributed by atoms with van der Waals surface area (Å²) in [4.78, 5) is 23.0. The molecule has 2 aromatic heterocycles. The van der Waals surface area contributed by atoms with Crippen molar-refractivity contribution in [3.63, 3.8) is 0 Å². The lowest BCUT2D eigenvalue weighted by molar-refractivity contribution is -0.147. The second-order valence-electron chi connectivity index (χ2n) is 6.50. The van der Waals surface area contributed by atoms with E-state index >= 15 is 0 Å². The van der Waals surface area contributed by atoms with Gasteiger partial charge >= 0.3 is 5.97 Å². The molecule has 1 saturated heterocycles. The highest BCUT2D eigenvalue weighted by molar-refractivity contribution is 5.85. The van der Waals surface area contributed by atoms with E-state index in [9.17, 15) is 4.79 Å². The Labute approximate surface area is 152 Å². The standard InChI is InChI=1S/C21H21N3O2/c1-2-26-21(25)18-9-12-24(14-18)20-6-4-17-13-16(3-5-19(17)23-20)15-7-10-22-11-8-15/h3-8,10-11,13,18H,2,9,12,14H2,1H3. The van der Waals surface area contributed by atoms with Crippen LogP contribution in [0.4, 0.5) is 5.82 Å². The van der Waals surface area contributed by atoms with Gasteiger partial charge in [-0.05, 0) is 60.9 Å². The number of anilines is 1. The first-order valence-electron chi connectivity index (χ1n) is 8.97. The minimum atomic E-state index is -0.0993. The molecule has 5 heteroatoms. The lowest BCUT2D eigenvalue weighted by Crippen LogP contribution is -2.24. The van der Waals surface area contributed by atoms with E-state index in [2.05, 4.69) is 28.1 Å². The van der Waals surface area contributed by atoms with Crippen LogP contribution >= 0.6 is 0 Å². The molecule has 0 aliphatic carbocycles. The molecule has 1 atom stereocenters. The summed E-state index contributed by atoms with van der Waals surface area (Å²) in [5.41, 5.74) is 3.25. The minimum absolute atomic E-state index is 0.0542. The maximum atomic E-state index is 11.9. The molecule has 1 aromatic carbocycles. The Morgan fingerprint density at radius 1 is 1.15 bits per heavy atom. The predicted octanol–water partition coefficient (Wildman–Crippen LogP) is 3.69. The summed E-state index contributed by atoms with van der Waals surface area (Å²) in [6.07, 6.45) is 4.42. The van der Waals surface area contributed by atoms with Crippen molar-refractivity contribution in [1.29, 1.82) is 0 Å². The molecular formula is C21H21N3O2. The van der Waals surface area contributed by atoms with Crippen molar-refractivity contribution in [2.75, 3.05) is 24.6 Å². The smallest absolute Gasteiger partial charge is 0.310 e. The topological polar surface area (TPSA) is 55.3 Å².